The minimum absolute atomic E-state index is 0.429. The first kappa shape index (κ1) is 15.6. The van der Waals surface area contributed by atoms with Crippen molar-refractivity contribution in [2.45, 2.75) is 19.1 Å². The lowest BCUT2D eigenvalue weighted by Crippen LogP contribution is -2.20. The highest BCUT2D eigenvalue weighted by atomic mass is 19.1. The summed E-state index contributed by atoms with van der Waals surface area (Å²) in [4.78, 5) is 6.43. The fourth-order valence-electron chi connectivity index (χ4n) is 2.96. The Balaban J connectivity index is 1.41. The third-order valence-electron chi connectivity index (χ3n) is 4.32. The van der Waals surface area contributed by atoms with Crippen molar-refractivity contribution in [2.75, 3.05) is 23.3 Å². The highest BCUT2D eigenvalue weighted by Crippen LogP contribution is 2.23. The van der Waals surface area contributed by atoms with Crippen molar-refractivity contribution < 1.29 is 4.39 Å². The van der Waals surface area contributed by atoms with E-state index in [1.54, 1.807) is 17.1 Å². The summed E-state index contributed by atoms with van der Waals surface area (Å²) in [6, 6.07) is 5.89. The van der Waals surface area contributed by atoms with Crippen LogP contribution in [0.3, 0.4) is 0 Å². The number of halogens is 1. The third-order valence-corrected chi connectivity index (χ3v) is 4.32. The van der Waals surface area contributed by atoms with Gasteiger partial charge in [-0.3, -0.25) is 9.78 Å². The standard InChI is InChI=1S/C17H20FN7/c1-24-11-15(9-21-24)19-8-14-6-16(23-22-14)12-2-3-17(20-7-12)25-5-4-13(18)10-25/h2-3,6-7,9,11,13,19H,4-5,8,10H2,1H3,(H,22,23)/t13-/m0/s1. The summed E-state index contributed by atoms with van der Waals surface area (Å²) in [6.07, 6.45) is 5.31. The Bertz CT molecular complexity index is 839. The first-order valence-corrected chi connectivity index (χ1v) is 8.29. The first-order chi connectivity index (χ1) is 12.2. The largest absolute Gasteiger partial charge is 0.377 e. The lowest BCUT2D eigenvalue weighted by Gasteiger charge is -2.15. The normalized spacial score (nSPS) is 17.2. The Kier molecular flexibility index (Phi) is 4.09. The summed E-state index contributed by atoms with van der Waals surface area (Å²) >= 11 is 0. The monoisotopic (exact) mass is 341 g/mol. The van der Waals surface area contributed by atoms with E-state index < -0.39 is 6.17 Å². The molecule has 1 fully saturated rings. The van der Waals surface area contributed by atoms with Gasteiger partial charge in [-0.1, -0.05) is 0 Å². The number of anilines is 2. The van der Waals surface area contributed by atoms with Crippen LogP contribution in [0, 0.1) is 0 Å². The van der Waals surface area contributed by atoms with Crippen LogP contribution in [-0.4, -0.2) is 44.2 Å². The Morgan fingerprint density at radius 2 is 2.28 bits per heavy atom. The van der Waals surface area contributed by atoms with Gasteiger partial charge in [-0.15, -0.1) is 0 Å². The molecule has 0 amide bonds. The average Bonchev–Trinajstić information content (AvgIpc) is 3.34. The van der Waals surface area contributed by atoms with E-state index >= 15 is 0 Å². The molecular weight excluding hydrogens is 321 g/mol. The molecule has 25 heavy (non-hydrogen) atoms. The van der Waals surface area contributed by atoms with E-state index in [2.05, 4.69) is 25.6 Å². The summed E-state index contributed by atoms with van der Waals surface area (Å²) in [6.45, 7) is 1.79. The molecule has 7 nitrogen and oxygen atoms in total. The average molecular weight is 341 g/mol. The van der Waals surface area contributed by atoms with E-state index in [1.165, 1.54) is 0 Å². The Morgan fingerprint density at radius 3 is 2.96 bits per heavy atom. The number of H-pyrrole nitrogens is 1. The van der Waals surface area contributed by atoms with E-state index in [1.807, 2.05) is 36.3 Å². The quantitative estimate of drug-likeness (QED) is 0.745. The zero-order valence-corrected chi connectivity index (χ0v) is 14.0. The molecule has 4 heterocycles. The van der Waals surface area contributed by atoms with Crippen LogP contribution in [0.4, 0.5) is 15.9 Å². The highest BCUT2D eigenvalue weighted by Gasteiger charge is 2.22. The Hall–Kier alpha value is -2.90. The van der Waals surface area contributed by atoms with E-state index in [9.17, 15) is 4.39 Å². The molecule has 0 unspecified atom stereocenters. The smallest absolute Gasteiger partial charge is 0.128 e. The molecule has 1 aliphatic rings. The van der Waals surface area contributed by atoms with E-state index in [4.69, 9.17) is 0 Å². The van der Waals surface area contributed by atoms with Crippen LogP contribution in [0.15, 0.2) is 36.8 Å². The Morgan fingerprint density at radius 1 is 1.36 bits per heavy atom. The third kappa shape index (κ3) is 3.47. The fraction of sp³-hybridized carbons (Fsp3) is 0.353. The van der Waals surface area contributed by atoms with Gasteiger partial charge in [0.1, 0.15) is 12.0 Å². The highest BCUT2D eigenvalue weighted by molar-refractivity contribution is 5.60. The van der Waals surface area contributed by atoms with Crippen LogP contribution in [0.2, 0.25) is 0 Å². The molecule has 0 radical (unpaired) electrons. The minimum Gasteiger partial charge on any atom is -0.377 e. The number of nitrogens with one attached hydrogen (secondary N) is 2. The van der Waals surface area contributed by atoms with Crippen molar-refractivity contribution in [3.8, 4) is 11.3 Å². The number of hydrogen-bond acceptors (Lipinski definition) is 5. The number of aromatic nitrogens is 5. The van der Waals surface area contributed by atoms with Gasteiger partial charge in [-0.2, -0.15) is 10.2 Å². The maximum atomic E-state index is 13.3. The van der Waals surface area contributed by atoms with Gasteiger partial charge in [-0.05, 0) is 24.6 Å². The number of rotatable bonds is 5. The molecule has 130 valence electrons. The van der Waals surface area contributed by atoms with Gasteiger partial charge >= 0.3 is 0 Å². The van der Waals surface area contributed by atoms with Crippen LogP contribution >= 0.6 is 0 Å². The molecule has 0 aromatic carbocycles. The molecule has 0 spiro atoms. The summed E-state index contributed by atoms with van der Waals surface area (Å²) in [5.41, 5.74) is 3.71. The molecule has 0 bridgehead atoms. The zero-order chi connectivity index (χ0) is 17.2. The number of alkyl halides is 1. The molecule has 1 atom stereocenters. The van der Waals surface area contributed by atoms with Crippen LogP contribution in [0.1, 0.15) is 12.1 Å². The summed E-state index contributed by atoms with van der Waals surface area (Å²) in [5, 5.41) is 14.8. The van der Waals surface area contributed by atoms with Gasteiger partial charge in [0.05, 0.1) is 36.4 Å². The number of pyridine rings is 1. The predicted octanol–water partition coefficient (Wildman–Crippen LogP) is 2.37. The van der Waals surface area contributed by atoms with Crippen LogP contribution in [-0.2, 0) is 13.6 Å². The second-order valence-corrected chi connectivity index (χ2v) is 6.27. The number of aryl methyl sites for hydroxylation is 1. The molecule has 1 aliphatic heterocycles. The minimum atomic E-state index is -0.748. The van der Waals surface area contributed by atoms with Crippen molar-refractivity contribution in [2.24, 2.45) is 7.05 Å². The second kappa shape index (κ2) is 6.54. The second-order valence-electron chi connectivity index (χ2n) is 6.27. The van der Waals surface area contributed by atoms with Gasteiger partial charge in [-0.25, -0.2) is 9.37 Å². The predicted molar refractivity (Wildman–Crippen MR) is 94.1 cm³/mol. The summed E-state index contributed by atoms with van der Waals surface area (Å²) < 4.78 is 15.1. The van der Waals surface area contributed by atoms with Crippen molar-refractivity contribution >= 4 is 11.5 Å². The molecule has 3 aromatic heterocycles. The summed E-state index contributed by atoms with van der Waals surface area (Å²) in [7, 11) is 1.88. The zero-order valence-electron chi connectivity index (χ0n) is 14.0. The molecule has 1 saturated heterocycles. The van der Waals surface area contributed by atoms with Gasteiger partial charge < -0.3 is 10.2 Å². The van der Waals surface area contributed by atoms with E-state index in [0.29, 0.717) is 19.5 Å². The summed E-state index contributed by atoms with van der Waals surface area (Å²) in [5.74, 6) is 0.818. The number of aromatic amines is 1. The van der Waals surface area contributed by atoms with Crippen molar-refractivity contribution in [1.29, 1.82) is 0 Å². The maximum absolute atomic E-state index is 13.3. The van der Waals surface area contributed by atoms with E-state index in [-0.39, 0.29) is 0 Å². The van der Waals surface area contributed by atoms with Gasteiger partial charge in [0, 0.05) is 31.5 Å². The topological polar surface area (TPSA) is 74.7 Å². The molecule has 4 rings (SSSR count). The molecule has 0 saturated carbocycles. The molecular formula is C17H20FN7. The van der Waals surface area contributed by atoms with Crippen LogP contribution in [0.25, 0.3) is 11.3 Å². The van der Waals surface area contributed by atoms with Gasteiger partial charge in [0.25, 0.3) is 0 Å². The van der Waals surface area contributed by atoms with Crippen molar-refractivity contribution in [1.82, 2.24) is 25.0 Å². The lowest BCUT2D eigenvalue weighted by atomic mass is 10.2. The van der Waals surface area contributed by atoms with Gasteiger partial charge in [0.15, 0.2) is 0 Å². The number of nitrogens with zero attached hydrogens (tertiary/aromatic N) is 5. The van der Waals surface area contributed by atoms with E-state index in [0.717, 1.165) is 35.0 Å². The number of hydrogen-bond donors (Lipinski definition) is 2. The van der Waals surface area contributed by atoms with Crippen molar-refractivity contribution in [3.63, 3.8) is 0 Å². The van der Waals surface area contributed by atoms with Crippen molar-refractivity contribution in [3.05, 3.63) is 42.5 Å². The van der Waals surface area contributed by atoms with Crippen LogP contribution < -0.4 is 10.2 Å². The fourth-order valence-corrected chi connectivity index (χ4v) is 2.96. The molecule has 8 heteroatoms. The Labute approximate surface area is 144 Å². The first-order valence-electron chi connectivity index (χ1n) is 8.29. The van der Waals surface area contributed by atoms with Crippen LogP contribution in [0.5, 0.6) is 0 Å². The molecule has 2 N–H and O–H groups in total. The maximum Gasteiger partial charge on any atom is 0.128 e. The molecule has 0 aliphatic carbocycles. The molecule has 3 aromatic rings. The SMILES string of the molecule is Cn1cc(NCc2cc(-c3ccc(N4CC[C@H](F)C4)nc3)n[nH]2)cn1. The van der Waals surface area contributed by atoms with Gasteiger partial charge in [0.2, 0.25) is 0 Å². The lowest BCUT2D eigenvalue weighted by molar-refractivity contribution is 0.364.